The predicted molar refractivity (Wildman–Crippen MR) is 33.2 cm³/mol. The van der Waals surface area contributed by atoms with Gasteiger partial charge in [0.15, 0.2) is 0 Å². The highest BCUT2D eigenvalue weighted by Crippen LogP contribution is 1.92. The Morgan fingerprint density at radius 3 is 2.89 bits per heavy atom. The highest BCUT2D eigenvalue weighted by atomic mass is 16.5. The molecular formula is C7H10NO+. The zero-order valence-electron chi connectivity index (χ0n) is 5.41. The van der Waals surface area contributed by atoms with E-state index in [1.54, 1.807) is 12.4 Å². The molecule has 1 aromatic heterocycles. The van der Waals surface area contributed by atoms with Crippen LogP contribution in [-0.2, 0) is 6.42 Å². The van der Waals surface area contributed by atoms with Gasteiger partial charge in [0.05, 0.1) is 0 Å². The van der Waals surface area contributed by atoms with Gasteiger partial charge in [-0.05, 0) is 12.5 Å². The summed E-state index contributed by atoms with van der Waals surface area (Å²) in [5.74, 6) is 0. The Labute approximate surface area is 54.3 Å². The van der Waals surface area contributed by atoms with Crippen molar-refractivity contribution in [3.63, 3.8) is 0 Å². The van der Waals surface area contributed by atoms with E-state index in [0.29, 0.717) is 0 Å². The first-order valence-corrected chi connectivity index (χ1v) is 3.02. The maximum atomic E-state index is 8.86. The molecule has 0 aliphatic carbocycles. The number of hydrogen-bond donors (Lipinski definition) is 1. The lowest BCUT2D eigenvalue weighted by Gasteiger charge is -1.87. The van der Waals surface area contributed by atoms with Crippen LogP contribution in [0.5, 0.6) is 0 Å². The van der Waals surface area contributed by atoms with E-state index in [2.05, 4.69) is 6.92 Å². The molecule has 0 fully saturated rings. The van der Waals surface area contributed by atoms with Gasteiger partial charge in [0.25, 0.3) is 0 Å². The molecule has 0 radical (unpaired) electrons. The third kappa shape index (κ3) is 1.42. The Morgan fingerprint density at radius 1 is 1.67 bits per heavy atom. The quantitative estimate of drug-likeness (QED) is 0.434. The van der Waals surface area contributed by atoms with Crippen LogP contribution in [0.25, 0.3) is 0 Å². The summed E-state index contributed by atoms with van der Waals surface area (Å²) in [5, 5.41) is 8.86. The average molecular weight is 124 g/mol. The minimum atomic E-state index is 0.960. The maximum absolute atomic E-state index is 8.86. The Bertz CT molecular complexity index is 198. The molecule has 0 bridgehead atoms. The third-order valence-corrected chi connectivity index (χ3v) is 1.26. The van der Waals surface area contributed by atoms with Gasteiger partial charge in [-0.2, -0.15) is 0 Å². The molecule has 2 nitrogen and oxygen atoms in total. The zero-order valence-corrected chi connectivity index (χ0v) is 5.41. The lowest BCUT2D eigenvalue weighted by molar-refractivity contribution is -0.905. The monoisotopic (exact) mass is 124 g/mol. The SMILES string of the molecule is CCc1ccc[n+](O)c1. The van der Waals surface area contributed by atoms with Gasteiger partial charge in [0.2, 0.25) is 12.4 Å². The van der Waals surface area contributed by atoms with Crippen LogP contribution < -0.4 is 4.73 Å². The molecule has 48 valence electrons. The van der Waals surface area contributed by atoms with Crippen molar-refractivity contribution >= 4 is 0 Å². The van der Waals surface area contributed by atoms with Crippen molar-refractivity contribution in [1.82, 2.24) is 0 Å². The van der Waals surface area contributed by atoms with Gasteiger partial charge in [-0.25, -0.2) is 0 Å². The molecule has 0 atom stereocenters. The number of aromatic nitrogens is 1. The predicted octanol–water partition coefficient (Wildman–Crippen LogP) is 0.774. The van der Waals surface area contributed by atoms with Gasteiger partial charge in [0.1, 0.15) is 0 Å². The number of rotatable bonds is 1. The van der Waals surface area contributed by atoms with Gasteiger partial charge in [-0.1, -0.05) is 6.92 Å². The Kier molecular flexibility index (Phi) is 1.68. The standard InChI is InChI=1S/C7H10NO/c1-2-7-4-3-5-8(9)6-7/h3-6,9H,2H2,1H3/q+1. The summed E-state index contributed by atoms with van der Waals surface area (Å²) in [6, 6.07) is 3.80. The number of pyridine rings is 1. The van der Waals surface area contributed by atoms with Crippen LogP contribution in [-0.4, -0.2) is 5.21 Å². The van der Waals surface area contributed by atoms with E-state index in [0.717, 1.165) is 16.7 Å². The van der Waals surface area contributed by atoms with E-state index in [4.69, 9.17) is 5.21 Å². The zero-order chi connectivity index (χ0) is 6.69. The van der Waals surface area contributed by atoms with Crippen molar-refractivity contribution in [3.8, 4) is 0 Å². The molecule has 0 spiro atoms. The molecule has 0 saturated heterocycles. The molecule has 0 aliphatic heterocycles. The Hall–Kier alpha value is -1.05. The van der Waals surface area contributed by atoms with E-state index >= 15 is 0 Å². The van der Waals surface area contributed by atoms with Crippen LogP contribution in [0.3, 0.4) is 0 Å². The molecule has 2 heteroatoms. The van der Waals surface area contributed by atoms with Crippen molar-refractivity contribution in [2.45, 2.75) is 13.3 Å². The van der Waals surface area contributed by atoms with E-state index in [9.17, 15) is 0 Å². The van der Waals surface area contributed by atoms with E-state index < -0.39 is 0 Å². The second-order valence-corrected chi connectivity index (χ2v) is 1.95. The van der Waals surface area contributed by atoms with Crippen molar-refractivity contribution in [2.24, 2.45) is 0 Å². The molecule has 1 heterocycles. The minimum Gasteiger partial charge on any atom is -0.285 e. The minimum absolute atomic E-state index is 0.960. The molecule has 1 aromatic rings. The average Bonchev–Trinajstić information content (AvgIpc) is 1.88. The Morgan fingerprint density at radius 2 is 2.44 bits per heavy atom. The van der Waals surface area contributed by atoms with E-state index in [-0.39, 0.29) is 0 Å². The molecule has 0 aromatic carbocycles. The number of hydrogen-bond acceptors (Lipinski definition) is 1. The van der Waals surface area contributed by atoms with E-state index in [1.165, 1.54) is 0 Å². The fourth-order valence-electron chi connectivity index (χ4n) is 0.720. The van der Waals surface area contributed by atoms with Gasteiger partial charge in [-0.3, -0.25) is 5.21 Å². The normalized spacial score (nSPS) is 9.44. The van der Waals surface area contributed by atoms with Crippen molar-refractivity contribution in [1.29, 1.82) is 0 Å². The highest BCUT2D eigenvalue weighted by molar-refractivity contribution is 5.03. The molecule has 0 unspecified atom stereocenters. The summed E-state index contributed by atoms with van der Waals surface area (Å²) in [6.45, 7) is 2.05. The van der Waals surface area contributed by atoms with Crippen molar-refractivity contribution in [3.05, 3.63) is 30.1 Å². The lowest BCUT2D eigenvalue weighted by atomic mass is 10.2. The molecule has 9 heavy (non-hydrogen) atoms. The van der Waals surface area contributed by atoms with Gasteiger partial charge < -0.3 is 0 Å². The molecule has 0 aliphatic rings. The van der Waals surface area contributed by atoms with Gasteiger partial charge in [-0.15, -0.1) is 0 Å². The van der Waals surface area contributed by atoms with Crippen LogP contribution in [0.1, 0.15) is 12.5 Å². The molecule has 1 N–H and O–H groups in total. The highest BCUT2D eigenvalue weighted by Gasteiger charge is 1.95. The molecule has 1 rings (SSSR count). The fourth-order valence-corrected chi connectivity index (χ4v) is 0.720. The van der Waals surface area contributed by atoms with Crippen LogP contribution in [0, 0.1) is 0 Å². The second kappa shape index (κ2) is 2.49. The lowest BCUT2D eigenvalue weighted by Crippen LogP contribution is -2.28. The first-order valence-electron chi connectivity index (χ1n) is 3.02. The van der Waals surface area contributed by atoms with Crippen molar-refractivity contribution in [2.75, 3.05) is 0 Å². The maximum Gasteiger partial charge on any atom is 0.225 e. The van der Waals surface area contributed by atoms with Crippen molar-refractivity contribution < 1.29 is 9.94 Å². The van der Waals surface area contributed by atoms with Gasteiger partial charge in [0, 0.05) is 16.4 Å². The number of aryl methyl sites for hydroxylation is 1. The number of nitrogens with zero attached hydrogens (tertiary/aromatic N) is 1. The van der Waals surface area contributed by atoms with Crippen LogP contribution in [0.15, 0.2) is 24.5 Å². The topological polar surface area (TPSA) is 24.1 Å². The summed E-state index contributed by atoms with van der Waals surface area (Å²) in [6.07, 6.45) is 4.25. The van der Waals surface area contributed by atoms with E-state index in [1.807, 2.05) is 12.1 Å². The first-order chi connectivity index (χ1) is 4.33. The summed E-state index contributed by atoms with van der Waals surface area (Å²) >= 11 is 0. The summed E-state index contributed by atoms with van der Waals surface area (Å²) in [4.78, 5) is 0. The summed E-state index contributed by atoms with van der Waals surface area (Å²) in [7, 11) is 0. The van der Waals surface area contributed by atoms with Crippen LogP contribution >= 0.6 is 0 Å². The molecule has 0 amide bonds. The Balaban J connectivity index is 2.94. The fraction of sp³-hybridized carbons (Fsp3) is 0.286. The smallest absolute Gasteiger partial charge is 0.225 e. The first kappa shape index (κ1) is 6.08. The second-order valence-electron chi connectivity index (χ2n) is 1.95. The largest absolute Gasteiger partial charge is 0.285 e. The van der Waals surface area contributed by atoms with Gasteiger partial charge >= 0.3 is 0 Å². The molecular weight excluding hydrogens is 114 g/mol. The van der Waals surface area contributed by atoms with Crippen LogP contribution in [0.4, 0.5) is 0 Å². The summed E-state index contributed by atoms with van der Waals surface area (Å²) < 4.78 is 1.07. The van der Waals surface area contributed by atoms with Crippen LogP contribution in [0.2, 0.25) is 0 Å². The third-order valence-electron chi connectivity index (χ3n) is 1.26. The molecule has 0 saturated carbocycles. The summed E-state index contributed by atoms with van der Waals surface area (Å²) in [5.41, 5.74) is 1.14.